The lowest BCUT2D eigenvalue weighted by atomic mass is 9.93. The van der Waals surface area contributed by atoms with Gasteiger partial charge in [0.15, 0.2) is 0 Å². The van der Waals surface area contributed by atoms with Crippen molar-refractivity contribution in [1.29, 1.82) is 0 Å². The van der Waals surface area contributed by atoms with Crippen molar-refractivity contribution in [2.45, 2.75) is 46.6 Å². The zero-order valence-electron chi connectivity index (χ0n) is 15.4. The monoisotopic (exact) mass is 338 g/mol. The molecule has 1 atom stereocenters. The molecule has 1 N–H and O–H groups in total. The van der Waals surface area contributed by atoms with Crippen molar-refractivity contribution >= 4 is 11.6 Å². The molecule has 0 fully saturated rings. The summed E-state index contributed by atoms with van der Waals surface area (Å²) in [5, 5.41) is 2.87. The molecule has 0 aliphatic carbocycles. The van der Waals surface area contributed by atoms with E-state index in [0.29, 0.717) is 50.3 Å². The summed E-state index contributed by atoms with van der Waals surface area (Å²) < 4.78 is 16.4. The SMILES string of the molecule is CCOCCOc1ccc(NC(=O)[C@](C)(CC(C)C)OCC)cn1. The quantitative estimate of drug-likeness (QED) is 0.627. The molecular weight excluding hydrogens is 308 g/mol. The molecule has 1 aromatic rings. The predicted octanol–water partition coefficient (Wildman–Crippen LogP) is 3.28. The van der Waals surface area contributed by atoms with Gasteiger partial charge < -0.3 is 19.5 Å². The second kappa shape index (κ2) is 10.3. The van der Waals surface area contributed by atoms with Crippen LogP contribution < -0.4 is 10.1 Å². The summed E-state index contributed by atoms with van der Waals surface area (Å²) in [6, 6.07) is 3.49. The normalized spacial score (nSPS) is 13.6. The number of nitrogens with zero attached hydrogens (tertiary/aromatic N) is 1. The lowest BCUT2D eigenvalue weighted by molar-refractivity contribution is -0.140. The van der Waals surface area contributed by atoms with Gasteiger partial charge in [-0.2, -0.15) is 0 Å². The summed E-state index contributed by atoms with van der Waals surface area (Å²) in [6.45, 7) is 11.9. The summed E-state index contributed by atoms with van der Waals surface area (Å²) in [7, 11) is 0. The Morgan fingerprint density at radius 3 is 2.54 bits per heavy atom. The molecule has 0 saturated heterocycles. The topological polar surface area (TPSA) is 69.7 Å². The van der Waals surface area contributed by atoms with E-state index in [1.54, 1.807) is 18.3 Å². The Bertz CT molecular complexity index is 490. The van der Waals surface area contributed by atoms with Gasteiger partial charge in [-0.15, -0.1) is 0 Å². The van der Waals surface area contributed by atoms with E-state index in [0.717, 1.165) is 0 Å². The predicted molar refractivity (Wildman–Crippen MR) is 94.3 cm³/mol. The summed E-state index contributed by atoms with van der Waals surface area (Å²) >= 11 is 0. The molecule has 6 nitrogen and oxygen atoms in total. The number of anilines is 1. The highest BCUT2D eigenvalue weighted by molar-refractivity contribution is 5.96. The van der Waals surface area contributed by atoms with E-state index in [2.05, 4.69) is 24.1 Å². The Labute approximate surface area is 144 Å². The molecule has 0 bridgehead atoms. The summed E-state index contributed by atoms with van der Waals surface area (Å²) in [5.41, 5.74) is -0.234. The molecular formula is C18H30N2O4. The van der Waals surface area contributed by atoms with E-state index in [9.17, 15) is 4.79 Å². The van der Waals surface area contributed by atoms with Gasteiger partial charge in [-0.3, -0.25) is 4.79 Å². The first-order valence-corrected chi connectivity index (χ1v) is 8.53. The van der Waals surface area contributed by atoms with Crippen molar-refractivity contribution in [3.8, 4) is 5.88 Å². The van der Waals surface area contributed by atoms with Crippen LogP contribution in [0.4, 0.5) is 5.69 Å². The van der Waals surface area contributed by atoms with Gasteiger partial charge in [0.1, 0.15) is 12.2 Å². The van der Waals surface area contributed by atoms with Crippen molar-refractivity contribution < 1.29 is 19.0 Å². The molecule has 6 heteroatoms. The first kappa shape index (κ1) is 20.4. The fraction of sp³-hybridized carbons (Fsp3) is 0.667. The average molecular weight is 338 g/mol. The number of aromatic nitrogens is 1. The van der Waals surface area contributed by atoms with Gasteiger partial charge in [-0.05, 0) is 39.2 Å². The Morgan fingerprint density at radius 2 is 2.00 bits per heavy atom. The van der Waals surface area contributed by atoms with E-state index < -0.39 is 5.60 Å². The molecule has 0 aliphatic heterocycles. The number of carbonyl (C=O) groups excluding carboxylic acids is 1. The van der Waals surface area contributed by atoms with Gasteiger partial charge in [-0.1, -0.05) is 13.8 Å². The van der Waals surface area contributed by atoms with Crippen molar-refractivity contribution in [3.63, 3.8) is 0 Å². The third-order valence-electron chi connectivity index (χ3n) is 3.42. The molecule has 1 amide bonds. The van der Waals surface area contributed by atoms with Gasteiger partial charge in [0.05, 0.1) is 18.5 Å². The van der Waals surface area contributed by atoms with Crippen LogP contribution in [0.1, 0.15) is 41.0 Å². The Hall–Kier alpha value is -1.66. The highest BCUT2D eigenvalue weighted by atomic mass is 16.5. The molecule has 24 heavy (non-hydrogen) atoms. The van der Waals surface area contributed by atoms with Crippen molar-refractivity contribution in [1.82, 2.24) is 4.98 Å². The summed E-state index contributed by atoms with van der Waals surface area (Å²) in [5.74, 6) is 0.693. The van der Waals surface area contributed by atoms with Crippen molar-refractivity contribution in [3.05, 3.63) is 18.3 Å². The molecule has 1 heterocycles. The number of hydrogen-bond acceptors (Lipinski definition) is 5. The molecule has 1 rings (SSSR count). The van der Waals surface area contributed by atoms with Gasteiger partial charge in [0.2, 0.25) is 5.88 Å². The largest absolute Gasteiger partial charge is 0.475 e. The minimum absolute atomic E-state index is 0.162. The van der Waals surface area contributed by atoms with Crippen LogP contribution in [0.25, 0.3) is 0 Å². The second-order valence-corrected chi connectivity index (χ2v) is 6.15. The van der Waals surface area contributed by atoms with Crippen LogP contribution >= 0.6 is 0 Å². The van der Waals surface area contributed by atoms with Crippen LogP contribution in [-0.4, -0.2) is 42.9 Å². The maximum absolute atomic E-state index is 12.6. The van der Waals surface area contributed by atoms with Gasteiger partial charge >= 0.3 is 0 Å². The number of nitrogens with one attached hydrogen (secondary N) is 1. The highest BCUT2D eigenvalue weighted by Gasteiger charge is 2.34. The van der Waals surface area contributed by atoms with E-state index in [4.69, 9.17) is 14.2 Å². The van der Waals surface area contributed by atoms with Crippen LogP contribution in [-0.2, 0) is 14.3 Å². The number of carbonyl (C=O) groups is 1. The van der Waals surface area contributed by atoms with Crippen LogP contribution in [0, 0.1) is 5.92 Å². The van der Waals surface area contributed by atoms with Crippen molar-refractivity contribution in [2.75, 3.05) is 31.7 Å². The maximum atomic E-state index is 12.6. The highest BCUT2D eigenvalue weighted by Crippen LogP contribution is 2.23. The molecule has 0 spiro atoms. The molecule has 0 aliphatic rings. The summed E-state index contributed by atoms with van der Waals surface area (Å²) in [6.07, 6.45) is 2.23. The van der Waals surface area contributed by atoms with Gasteiger partial charge in [0.25, 0.3) is 5.91 Å². The lowest BCUT2D eigenvalue weighted by Gasteiger charge is -2.29. The zero-order valence-corrected chi connectivity index (χ0v) is 15.4. The molecule has 0 radical (unpaired) electrons. The first-order chi connectivity index (χ1) is 11.4. The summed E-state index contributed by atoms with van der Waals surface area (Å²) in [4.78, 5) is 16.8. The first-order valence-electron chi connectivity index (χ1n) is 8.53. The number of hydrogen-bond donors (Lipinski definition) is 1. The Balaban J connectivity index is 2.62. The van der Waals surface area contributed by atoms with E-state index in [1.807, 2.05) is 20.8 Å². The fourth-order valence-corrected chi connectivity index (χ4v) is 2.47. The lowest BCUT2D eigenvalue weighted by Crippen LogP contribution is -2.44. The van der Waals surface area contributed by atoms with E-state index in [-0.39, 0.29) is 5.91 Å². The fourth-order valence-electron chi connectivity index (χ4n) is 2.47. The van der Waals surface area contributed by atoms with Crippen LogP contribution in [0.15, 0.2) is 18.3 Å². The van der Waals surface area contributed by atoms with Gasteiger partial charge in [0, 0.05) is 19.3 Å². The number of pyridine rings is 1. The second-order valence-electron chi connectivity index (χ2n) is 6.15. The maximum Gasteiger partial charge on any atom is 0.256 e. The number of rotatable bonds is 11. The molecule has 136 valence electrons. The molecule has 1 aromatic heterocycles. The van der Waals surface area contributed by atoms with Crippen molar-refractivity contribution in [2.24, 2.45) is 5.92 Å². The Kier molecular flexibility index (Phi) is 8.71. The minimum atomic E-state index is -0.852. The average Bonchev–Trinajstić information content (AvgIpc) is 2.52. The zero-order chi connectivity index (χ0) is 18.0. The standard InChI is InChI=1S/C18H30N2O4/c1-6-22-10-11-23-16-9-8-15(13-19-16)20-17(21)18(5,24-7-2)12-14(3)4/h8-9,13-14H,6-7,10-12H2,1-5H3,(H,20,21)/t18-/m0/s1. The van der Waals surface area contributed by atoms with Crippen LogP contribution in [0.2, 0.25) is 0 Å². The number of amides is 1. The molecule has 0 aromatic carbocycles. The molecule has 0 saturated carbocycles. The minimum Gasteiger partial charge on any atom is -0.475 e. The third-order valence-corrected chi connectivity index (χ3v) is 3.42. The Morgan fingerprint density at radius 1 is 1.25 bits per heavy atom. The van der Waals surface area contributed by atoms with Crippen LogP contribution in [0.5, 0.6) is 5.88 Å². The van der Waals surface area contributed by atoms with Gasteiger partial charge in [-0.25, -0.2) is 4.98 Å². The third kappa shape index (κ3) is 6.84. The number of ether oxygens (including phenoxy) is 3. The molecule has 0 unspecified atom stereocenters. The van der Waals surface area contributed by atoms with Crippen LogP contribution in [0.3, 0.4) is 0 Å². The smallest absolute Gasteiger partial charge is 0.256 e. The van der Waals surface area contributed by atoms with E-state index in [1.165, 1.54) is 0 Å². The van der Waals surface area contributed by atoms with E-state index >= 15 is 0 Å².